The molecule has 10 heteroatoms. The highest BCUT2D eigenvalue weighted by atomic mass is 16.5. The van der Waals surface area contributed by atoms with Gasteiger partial charge in [0.1, 0.15) is 12.0 Å². The van der Waals surface area contributed by atoms with E-state index in [-0.39, 0.29) is 12.5 Å². The van der Waals surface area contributed by atoms with Crippen molar-refractivity contribution in [2.45, 2.75) is 20.0 Å². The number of anilines is 1. The Morgan fingerprint density at radius 1 is 1.00 bits per heavy atom. The normalized spacial score (nSPS) is 10.5. The number of rotatable bonds is 9. The van der Waals surface area contributed by atoms with Gasteiger partial charge in [0.25, 0.3) is 5.91 Å². The molecule has 0 fully saturated rings. The van der Waals surface area contributed by atoms with Crippen LogP contribution < -0.4 is 20.1 Å². The summed E-state index contributed by atoms with van der Waals surface area (Å²) in [4.78, 5) is 25.1. The van der Waals surface area contributed by atoms with Gasteiger partial charge in [-0.15, -0.1) is 5.10 Å². The second-order valence-corrected chi connectivity index (χ2v) is 7.60. The molecule has 0 saturated carbocycles. The molecule has 0 aliphatic heterocycles. The lowest BCUT2D eigenvalue weighted by molar-refractivity contribution is 0.0950. The number of hydrogen-bond acceptors (Lipinski definition) is 9. The highest BCUT2D eigenvalue weighted by molar-refractivity contribution is 5.95. The molecular weight excluding hydrogens is 446 g/mol. The van der Waals surface area contributed by atoms with Crippen LogP contribution in [0, 0.1) is 6.92 Å². The third-order valence-corrected chi connectivity index (χ3v) is 5.21. The maximum Gasteiger partial charge on any atom is 0.251 e. The van der Waals surface area contributed by atoms with Crippen molar-refractivity contribution in [2.24, 2.45) is 0 Å². The fraction of sp³-hybridized carbons (Fsp3) is 0.200. The van der Waals surface area contributed by atoms with Gasteiger partial charge >= 0.3 is 0 Å². The van der Waals surface area contributed by atoms with Gasteiger partial charge in [0.2, 0.25) is 11.8 Å². The van der Waals surface area contributed by atoms with Crippen LogP contribution in [0.5, 0.6) is 11.8 Å². The third kappa shape index (κ3) is 5.85. The first-order valence-electron chi connectivity index (χ1n) is 10.9. The molecule has 10 nitrogen and oxygen atoms in total. The fourth-order valence-electron chi connectivity index (χ4n) is 3.43. The zero-order valence-corrected chi connectivity index (χ0v) is 19.6. The number of nitrogens with one attached hydrogen (secondary N) is 2. The Balaban J connectivity index is 1.38. The van der Waals surface area contributed by atoms with Gasteiger partial charge in [-0.05, 0) is 48.9 Å². The molecule has 178 valence electrons. The minimum Gasteiger partial charge on any atom is -0.481 e. The second kappa shape index (κ2) is 11.0. The van der Waals surface area contributed by atoms with Gasteiger partial charge in [-0.3, -0.25) is 4.79 Å². The largest absolute Gasteiger partial charge is 0.481 e. The molecule has 0 unspecified atom stereocenters. The summed E-state index contributed by atoms with van der Waals surface area (Å²) < 4.78 is 10.4. The van der Waals surface area contributed by atoms with Crippen LogP contribution in [0.2, 0.25) is 0 Å². The molecule has 4 rings (SSSR count). The number of ether oxygens (including phenoxy) is 2. The molecular formula is C25H25N7O3. The summed E-state index contributed by atoms with van der Waals surface area (Å²) in [5.41, 5.74) is 5.25. The molecule has 0 aliphatic carbocycles. The maximum absolute atomic E-state index is 12.7. The molecule has 0 bridgehead atoms. The first-order chi connectivity index (χ1) is 17.1. The fourth-order valence-corrected chi connectivity index (χ4v) is 3.43. The van der Waals surface area contributed by atoms with Crippen LogP contribution in [-0.2, 0) is 13.1 Å². The van der Waals surface area contributed by atoms with Gasteiger partial charge in [0, 0.05) is 35.6 Å². The average Bonchev–Trinajstić information content (AvgIpc) is 2.91. The number of carbonyl (C=O) groups is 1. The number of amides is 1. The Morgan fingerprint density at radius 2 is 1.89 bits per heavy atom. The summed E-state index contributed by atoms with van der Waals surface area (Å²) in [5.74, 6) is 0.637. The lowest BCUT2D eigenvalue weighted by Crippen LogP contribution is -2.23. The van der Waals surface area contributed by atoms with E-state index in [0.29, 0.717) is 23.9 Å². The van der Waals surface area contributed by atoms with E-state index in [1.54, 1.807) is 30.5 Å². The molecule has 0 atom stereocenters. The lowest BCUT2D eigenvalue weighted by atomic mass is 10.1. The molecule has 35 heavy (non-hydrogen) atoms. The number of methoxy groups -OCH3 is 2. The highest BCUT2D eigenvalue weighted by Crippen LogP contribution is 2.20. The molecule has 0 aliphatic rings. The van der Waals surface area contributed by atoms with Gasteiger partial charge < -0.3 is 20.1 Å². The van der Waals surface area contributed by atoms with Crippen molar-refractivity contribution in [3.05, 3.63) is 83.4 Å². The summed E-state index contributed by atoms with van der Waals surface area (Å²) in [6.45, 7) is 2.69. The summed E-state index contributed by atoms with van der Waals surface area (Å²) in [7, 11) is 3.06. The molecule has 1 amide bonds. The molecule has 4 aromatic rings. The molecule has 0 saturated heterocycles. The maximum atomic E-state index is 12.7. The summed E-state index contributed by atoms with van der Waals surface area (Å²) in [5, 5.41) is 14.8. The predicted octanol–water partition coefficient (Wildman–Crippen LogP) is 3.20. The Bertz CT molecular complexity index is 1320. The van der Waals surface area contributed by atoms with Gasteiger partial charge in [0.05, 0.1) is 32.2 Å². The third-order valence-electron chi connectivity index (χ3n) is 5.21. The number of carbonyl (C=O) groups excluding carboxylic acids is 1. The zero-order chi connectivity index (χ0) is 24.6. The Kier molecular flexibility index (Phi) is 7.41. The van der Waals surface area contributed by atoms with Crippen LogP contribution in [0.4, 0.5) is 5.69 Å². The van der Waals surface area contributed by atoms with Crippen molar-refractivity contribution in [1.82, 2.24) is 30.5 Å². The van der Waals surface area contributed by atoms with Gasteiger partial charge in [-0.25, -0.2) is 9.97 Å². The van der Waals surface area contributed by atoms with E-state index in [9.17, 15) is 4.79 Å². The molecule has 3 aromatic heterocycles. The molecule has 0 spiro atoms. The van der Waals surface area contributed by atoms with Gasteiger partial charge in [-0.1, -0.05) is 6.07 Å². The lowest BCUT2D eigenvalue weighted by Gasteiger charge is -2.11. The highest BCUT2D eigenvalue weighted by Gasteiger charge is 2.11. The minimum atomic E-state index is -0.212. The van der Waals surface area contributed by atoms with E-state index >= 15 is 0 Å². The second-order valence-electron chi connectivity index (χ2n) is 7.60. The molecule has 2 N–H and O–H groups in total. The van der Waals surface area contributed by atoms with Crippen molar-refractivity contribution in [3.63, 3.8) is 0 Å². The Morgan fingerprint density at radius 3 is 2.63 bits per heavy atom. The number of aryl methyl sites for hydroxylation is 1. The number of aromatic nitrogens is 5. The Hall–Kier alpha value is -4.60. The molecule has 0 radical (unpaired) electrons. The Labute approximate surface area is 202 Å². The van der Waals surface area contributed by atoms with Gasteiger partial charge in [0.15, 0.2) is 0 Å². The van der Waals surface area contributed by atoms with Crippen molar-refractivity contribution in [1.29, 1.82) is 0 Å². The van der Waals surface area contributed by atoms with E-state index in [0.717, 1.165) is 33.9 Å². The summed E-state index contributed by atoms with van der Waals surface area (Å²) in [6.07, 6.45) is 3.16. The van der Waals surface area contributed by atoms with E-state index in [1.165, 1.54) is 20.5 Å². The number of hydrogen-bond donors (Lipinski definition) is 2. The number of pyridine rings is 1. The van der Waals surface area contributed by atoms with E-state index in [2.05, 4.69) is 35.8 Å². The van der Waals surface area contributed by atoms with Crippen LogP contribution >= 0.6 is 0 Å². The predicted molar refractivity (Wildman–Crippen MR) is 130 cm³/mol. The molecule has 1 aromatic carbocycles. The number of nitrogens with zero attached hydrogens (tertiary/aromatic N) is 5. The van der Waals surface area contributed by atoms with Crippen LogP contribution in [0.15, 0.2) is 61.1 Å². The van der Waals surface area contributed by atoms with Crippen molar-refractivity contribution >= 4 is 11.6 Å². The quantitative estimate of drug-likeness (QED) is 0.379. The van der Waals surface area contributed by atoms with Crippen LogP contribution in [0.25, 0.3) is 11.4 Å². The van der Waals surface area contributed by atoms with Crippen LogP contribution in [0.3, 0.4) is 0 Å². The standard InChI is InChI=1S/C25H25N7O3/c1-16-11-20(31-32-23(16)21-9-10-26-15-29-21)14-27-19-6-4-5-17(12-19)24(33)28-13-18-7-8-22(34-2)30-25(18)35-3/h4-12,15,27H,13-14H2,1-3H3,(H,28,33). The van der Waals surface area contributed by atoms with Crippen molar-refractivity contribution in [2.75, 3.05) is 19.5 Å². The number of benzene rings is 1. The first-order valence-corrected chi connectivity index (χ1v) is 10.9. The van der Waals surface area contributed by atoms with E-state index in [1.807, 2.05) is 31.2 Å². The average molecular weight is 472 g/mol. The van der Waals surface area contributed by atoms with Crippen LogP contribution in [0.1, 0.15) is 27.2 Å². The smallest absolute Gasteiger partial charge is 0.251 e. The van der Waals surface area contributed by atoms with Crippen molar-refractivity contribution in [3.8, 4) is 23.1 Å². The van der Waals surface area contributed by atoms with Gasteiger partial charge in [-0.2, -0.15) is 10.1 Å². The van der Waals surface area contributed by atoms with E-state index in [4.69, 9.17) is 9.47 Å². The monoisotopic (exact) mass is 471 g/mol. The topological polar surface area (TPSA) is 124 Å². The van der Waals surface area contributed by atoms with E-state index < -0.39 is 0 Å². The zero-order valence-electron chi connectivity index (χ0n) is 19.6. The summed E-state index contributed by atoms with van der Waals surface area (Å²) >= 11 is 0. The first kappa shape index (κ1) is 23.6. The van der Waals surface area contributed by atoms with Crippen molar-refractivity contribution < 1.29 is 14.3 Å². The minimum absolute atomic E-state index is 0.212. The molecule has 3 heterocycles. The summed E-state index contributed by atoms with van der Waals surface area (Å²) in [6, 6.07) is 14.5. The SMILES string of the molecule is COc1ccc(CNC(=O)c2cccc(NCc3cc(C)c(-c4ccncn4)nn3)c2)c(OC)n1. The van der Waals surface area contributed by atoms with Crippen LogP contribution in [-0.4, -0.2) is 45.3 Å².